The Morgan fingerprint density at radius 2 is 1.74 bits per heavy atom. The summed E-state index contributed by atoms with van der Waals surface area (Å²) in [6, 6.07) is 9.66. The average Bonchev–Trinajstić information content (AvgIpc) is 3.02. The third-order valence-corrected chi connectivity index (χ3v) is 4.94. The zero-order valence-electron chi connectivity index (χ0n) is 15.5. The molecular weight excluding hydrogens is 366 g/mol. The molecule has 0 saturated carbocycles. The predicted molar refractivity (Wildman–Crippen MR) is 105 cm³/mol. The Bertz CT molecular complexity index is 888. The second-order valence-corrected chi connectivity index (χ2v) is 7.89. The van der Waals surface area contributed by atoms with Crippen LogP contribution in [0.4, 0.5) is 5.69 Å². The molecule has 0 fully saturated rings. The second-order valence-electron chi connectivity index (χ2n) is 6.83. The lowest BCUT2D eigenvalue weighted by Crippen LogP contribution is -2.11. The maximum atomic E-state index is 12.0. The number of amides is 1. The molecule has 0 aliphatic rings. The molecule has 0 bridgehead atoms. The highest BCUT2D eigenvalue weighted by Crippen LogP contribution is 2.36. The summed E-state index contributed by atoms with van der Waals surface area (Å²) in [5, 5.41) is 11.1. The van der Waals surface area contributed by atoms with Gasteiger partial charge in [0.05, 0.1) is 12.8 Å². The number of aliphatic carboxylic acids is 1. The van der Waals surface area contributed by atoms with Crippen molar-refractivity contribution in [3.8, 4) is 10.4 Å². The van der Waals surface area contributed by atoms with Gasteiger partial charge < -0.3 is 15.2 Å². The van der Waals surface area contributed by atoms with E-state index in [1.165, 1.54) is 24.0 Å². The van der Waals surface area contributed by atoms with E-state index >= 15 is 0 Å². The molecule has 0 aliphatic carbocycles. The topological polar surface area (TPSA) is 92.7 Å². The van der Waals surface area contributed by atoms with Gasteiger partial charge >= 0.3 is 11.9 Å². The van der Waals surface area contributed by atoms with E-state index in [4.69, 9.17) is 9.84 Å². The van der Waals surface area contributed by atoms with E-state index < -0.39 is 17.8 Å². The number of hydrogen-bond donors (Lipinski definition) is 2. The molecule has 2 N–H and O–H groups in total. The van der Waals surface area contributed by atoms with Gasteiger partial charge in [-0.2, -0.15) is 0 Å². The molecule has 7 heteroatoms. The Morgan fingerprint density at radius 3 is 2.26 bits per heavy atom. The van der Waals surface area contributed by atoms with Crippen LogP contribution in [0.1, 0.15) is 36.0 Å². The number of benzene rings is 1. The zero-order valence-corrected chi connectivity index (χ0v) is 16.3. The Balaban J connectivity index is 2.36. The van der Waals surface area contributed by atoms with E-state index in [2.05, 4.69) is 26.1 Å². The molecule has 1 amide bonds. The Morgan fingerprint density at radius 1 is 1.11 bits per heavy atom. The first-order valence-corrected chi connectivity index (χ1v) is 8.98. The number of hydrogen-bond acceptors (Lipinski definition) is 5. The van der Waals surface area contributed by atoms with Gasteiger partial charge in [0.15, 0.2) is 0 Å². The van der Waals surface area contributed by atoms with Crippen molar-refractivity contribution in [2.75, 3.05) is 12.4 Å². The van der Waals surface area contributed by atoms with Crippen LogP contribution < -0.4 is 5.32 Å². The Labute approximate surface area is 161 Å². The molecule has 1 aromatic carbocycles. The molecule has 0 atom stereocenters. The molecule has 6 nitrogen and oxygen atoms in total. The van der Waals surface area contributed by atoms with Crippen molar-refractivity contribution in [1.82, 2.24) is 0 Å². The standard InChI is InChI=1S/C20H21NO5S/c1-20(2,3)13-7-5-12(6-8-13)15-11-14(18(27-15)19(25)26-4)21-16(22)9-10-17(23)24/h5-11H,1-4H3,(H,21,22)(H,23,24). The maximum Gasteiger partial charge on any atom is 0.350 e. The van der Waals surface area contributed by atoms with Crippen LogP contribution in [0.25, 0.3) is 10.4 Å². The van der Waals surface area contributed by atoms with Gasteiger partial charge in [0.25, 0.3) is 0 Å². The van der Waals surface area contributed by atoms with Crippen molar-refractivity contribution in [2.24, 2.45) is 0 Å². The van der Waals surface area contributed by atoms with Crippen LogP contribution in [0.3, 0.4) is 0 Å². The number of nitrogens with one attached hydrogen (secondary N) is 1. The van der Waals surface area contributed by atoms with Crippen molar-refractivity contribution < 1.29 is 24.2 Å². The van der Waals surface area contributed by atoms with Crippen LogP contribution >= 0.6 is 11.3 Å². The fourth-order valence-corrected chi connectivity index (χ4v) is 3.36. The largest absolute Gasteiger partial charge is 0.478 e. The Hall–Kier alpha value is -2.93. The van der Waals surface area contributed by atoms with Crippen LogP contribution in [-0.4, -0.2) is 30.1 Å². The number of carbonyl (C=O) groups excluding carboxylic acids is 2. The summed E-state index contributed by atoms with van der Waals surface area (Å²) >= 11 is 1.20. The fraction of sp³-hybridized carbons (Fsp3) is 0.250. The fourth-order valence-electron chi connectivity index (χ4n) is 2.33. The smallest absolute Gasteiger partial charge is 0.350 e. The first kappa shape index (κ1) is 20.4. The van der Waals surface area contributed by atoms with Crippen molar-refractivity contribution in [3.05, 3.63) is 52.9 Å². The second kappa shape index (κ2) is 8.18. The van der Waals surface area contributed by atoms with Crippen molar-refractivity contribution in [2.45, 2.75) is 26.2 Å². The van der Waals surface area contributed by atoms with E-state index in [0.717, 1.165) is 22.6 Å². The molecule has 1 aromatic heterocycles. The lowest BCUT2D eigenvalue weighted by molar-refractivity contribution is -0.131. The first-order chi connectivity index (χ1) is 12.6. The SMILES string of the molecule is COC(=O)c1sc(-c2ccc(C(C)(C)C)cc2)cc1NC(=O)C=CC(=O)O. The highest BCUT2D eigenvalue weighted by molar-refractivity contribution is 7.18. The van der Waals surface area contributed by atoms with Crippen LogP contribution in [0, 0.1) is 0 Å². The number of methoxy groups -OCH3 is 1. The first-order valence-electron chi connectivity index (χ1n) is 8.17. The van der Waals surface area contributed by atoms with E-state index in [1.54, 1.807) is 6.07 Å². The quantitative estimate of drug-likeness (QED) is 0.596. The van der Waals surface area contributed by atoms with Gasteiger partial charge in [0, 0.05) is 17.0 Å². The van der Waals surface area contributed by atoms with Crippen molar-refractivity contribution in [3.63, 3.8) is 0 Å². The number of carboxylic acid groups (broad SMARTS) is 1. The number of carbonyl (C=O) groups is 3. The summed E-state index contributed by atoms with van der Waals surface area (Å²) in [4.78, 5) is 35.5. The molecule has 0 saturated heterocycles. The lowest BCUT2D eigenvalue weighted by atomic mass is 9.86. The van der Waals surface area contributed by atoms with Crippen LogP contribution in [0.5, 0.6) is 0 Å². The summed E-state index contributed by atoms with van der Waals surface area (Å²) in [5.41, 5.74) is 2.39. The van der Waals surface area contributed by atoms with Crippen LogP contribution in [0.2, 0.25) is 0 Å². The molecule has 2 rings (SSSR count). The molecule has 0 radical (unpaired) electrons. The van der Waals surface area contributed by atoms with Gasteiger partial charge in [-0.25, -0.2) is 9.59 Å². The highest BCUT2D eigenvalue weighted by Gasteiger charge is 2.20. The minimum absolute atomic E-state index is 0.0285. The third-order valence-electron chi connectivity index (χ3n) is 3.77. The summed E-state index contributed by atoms with van der Waals surface area (Å²) in [6.07, 6.45) is 1.62. The number of esters is 1. The summed E-state index contributed by atoms with van der Waals surface area (Å²) in [6.45, 7) is 6.38. The van der Waals surface area contributed by atoms with Crippen molar-refractivity contribution in [1.29, 1.82) is 0 Å². The van der Waals surface area contributed by atoms with Gasteiger partial charge in [-0.15, -0.1) is 11.3 Å². The summed E-state index contributed by atoms with van der Waals surface area (Å²) in [7, 11) is 1.26. The van der Waals surface area contributed by atoms with E-state index in [1.807, 2.05) is 24.3 Å². The molecular formula is C20H21NO5S. The van der Waals surface area contributed by atoms with Gasteiger partial charge in [0.1, 0.15) is 4.88 Å². The number of anilines is 1. The lowest BCUT2D eigenvalue weighted by Gasteiger charge is -2.18. The molecule has 0 aliphatic heterocycles. The molecule has 0 spiro atoms. The Kier molecular flexibility index (Phi) is 6.17. The zero-order chi connectivity index (χ0) is 20.2. The maximum absolute atomic E-state index is 12.0. The third kappa shape index (κ3) is 5.27. The average molecular weight is 387 g/mol. The van der Waals surface area contributed by atoms with Gasteiger partial charge in [-0.05, 0) is 22.6 Å². The minimum Gasteiger partial charge on any atom is -0.478 e. The van der Waals surface area contributed by atoms with Crippen molar-refractivity contribution >= 4 is 34.9 Å². The van der Waals surface area contributed by atoms with Gasteiger partial charge in [0.2, 0.25) is 5.91 Å². The summed E-state index contributed by atoms with van der Waals surface area (Å²) < 4.78 is 4.78. The number of carboxylic acids is 1. The van der Waals surface area contributed by atoms with E-state index in [9.17, 15) is 14.4 Å². The van der Waals surface area contributed by atoms with Crippen LogP contribution in [0.15, 0.2) is 42.5 Å². The summed E-state index contributed by atoms with van der Waals surface area (Å²) in [5.74, 6) is -2.45. The van der Waals surface area contributed by atoms with E-state index in [-0.39, 0.29) is 16.0 Å². The number of ether oxygens (including phenoxy) is 1. The van der Waals surface area contributed by atoms with Gasteiger partial charge in [-0.1, -0.05) is 45.0 Å². The normalized spacial score (nSPS) is 11.4. The number of thiophene rings is 1. The monoisotopic (exact) mass is 387 g/mol. The van der Waals surface area contributed by atoms with E-state index in [0.29, 0.717) is 0 Å². The predicted octanol–water partition coefficient (Wildman–Crippen LogP) is 4.08. The highest BCUT2D eigenvalue weighted by atomic mass is 32.1. The number of rotatable bonds is 5. The molecule has 27 heavy (non-hydrogen) atoms. The minimum atomic E-state index is -1.23. The van der Waals surface area contributed by atoms with Crippen LogP contribution in [-0.2, 0) is 19.7 Å². The van der Waals surface area contributed by atoms with Gasteiger partial charge in [-0.3, -0.25) is 4.79 Å². The molecule has 1 heterocycles. The molecule has 2 aromatic rings. The molecule has 142 valence electrons. The molecule has 0 unspecified atom stereocenters.